The minimum absolute atomic E-state index is 0.153. The van der Waals surface area contributed by atoms with E-state index in [1.807, 2.05) is 13.8 Å². The Morgan fingerprint density at radius 3 is 2.35 bits per heavy atom. The first kappa shape index (κ1) is 11.6. The van der Waals surface area contributed by atoms with Gasteiger partial charge in [0.15, 0.2) is 5.76 Å². The summed E-state index contributed by atoms with van der Waals surface area (Å²) >= 11 is 0. The number of nitrogens with one attached hydrogen (secondary N) is 1. The molecule has 1 aliphatic rings. The van der Waals surface area contributed by atoms with Crippen molar-refractivity contribution in [1.82, 2.24) is 4.98 Å². The van der Waals surface area contributed by atoms with E-state index >= 15 is 0 Å². The Balaban J connectivity index is 2.70. The van der Waals surface area contributed by atoms with Crippen molar-refractivity contribution in [3.63, 3.8) is 0 Å². The Labute approximate surface area is 99.7 Å². The topological polar surface area (TPSA) is 59.2 Å². The maximum absolute atomic E-state index is 12.2. The Bertz CT molecular complexity index is 549. The summed E-state index contributed by atoms with van der Waals surface area (Å²) in [6.45, 7) is 5.45. The summed E-state index contributed by atoms with van der Waals surface area (Å²) in [6.07, 6.45) is 0.765. The lowest BCUT2D eigenvalue weighted by atomic mass is 9.92. The molecule has 0 aliphatic heterocycles. The molecule has 0 atom stereocenters. The Morgan fingerprint density at radius 2 is 1.82 bits per heavy atom. The van der Waals surface area contributed by atoms with Crippen LogP contribution in [0.3, 0.4) is 0 Å². The zero-order chi connectivity index (χ0) is 12.7. The quantitative estimate of drug-likeness (QED) is 0.851. The third-order valence-corrected chi connectivity index (χ3v) is 3.25. The number of carbonyl (C=O) groups is 2. The van der Waals surface area contributed by atoms with Gasteiger partial charge in [0.05, 0.1) is 18.4 Å². The summed E-state index contributed by atoms with van der Waals surface area (Å²) in [5.41, 5.74) is 3.02. The summed E-state index contributed by atoms with van der Waals surface area (Å²) in [7, 11) is 1.41. The molecule has 0 bridgehead atoms. The number of Topliss-reactive ketones (excluding diaryl/α,β-unsaturated/α-hetero) is 2. The number of fused-ring (bicyclic) bond motifs is 1. The molecule has 2 rings (SSSR count). The molecule has 0 saturated heterocycles. The molecular formula is C13H15NO3. The van der Waals surface area contributed by atoms with Gasteiger partial charge in [0.2, 0.25) is 11.6 Å². The molecule has 0 aromatic carbocycles. The molecule has 0 amide bonds. The van der Waals surface area contributed by atoms with Gasteiger partial charge in [-0.2, -0.15) is 0 Å². The molecule has 90 valence electrons. The van der Waals surface area contributed by atoms with E-state index in [0.717, 1.165) is 17.7 Å². The van der Waals surface area contributed by atoms with E-state index in [-0.39, 0.29) is 17.3 Å². The molecule has 1 N–H and O–H groups in total. The first-order chi connectivity index (χ1) is 8.02. The normalized spacial score (nSPS) is 15.3. The maximum atomic E-state index is 12.2. The SMILES string of the molecule is CCc1[nH]c2c(c1C)C(=O)C(OC)=C(C)C2=O. The number of H-pyrrole nitrogens is 1. The number of ketones is 2. The van der Waals surface area contributed by atoms with E-state index in [0.29, 0.717) is 16.8 Å². The minimum atomic E-state index is -0.201. The van der Waals surface area contributed by atoms with Crippen LogP contribution >= 0.6 is 0 Å². The van der Waals surface area contributed by atoms with Crippen LogP contribution in [0.2, 0.25) is 0 Å². The second kappa shape index (κ2) is 3.87. The van der Waals surface area contributed by atoms with Gasteiger partial charge in [0.25, 0.3) is 0 Å². The molecule has 1 aromatic rings. The van der Waals surface area contributed by atoms with Crippen molar-refractivity contribution in [2.45, 2.75) is 27.2 Å². The number of carbonyl (C=O) groups excluding carboxylic acids is 2. The third kappa shape index (κ3) is 1.44. The number of ether oxygens (including phenoxy) is 1. The molecule has 0 saturated carbocycles. The lowest BCUT2D eigenvalue weighted by Gasteiger charge is -2.15. The average Bonchev–Trinajstić information content (AvgIpc) is 2.64. The number of methoxy groups -OCH3 is 1. The highest BCUT2D eigenvalue weighted by molar-refractivity contribution is 6.26. The van der Waals surface area contributed by atoms with Crippen molar-refractivity contribution in [2.75, 3.05) is 7.11 Å². The molecule has 1 heterocycles. The first-order valence-corrected chi connectivity index (χ1v) is 5.58. The van der Waals surface area contributed by atoms with E-state index in [4.69, 9.17) is 4.74 Å². The van der Waals surface area contributed by atoms with E-state index in [1.165, 1.54) is 7.11 Å². The van der Waals surface area contributed by atoms with Crippen molar-refractivity contribution in [1.29, 1.82) is 0 Å². The van der Waals surface area contributed by atoms with Crippen molar-refractivity contribution in [3.8, 4) is 0 Å². The smallest absolute Gasteiger partial charge is 0.230 e. The Morgan fingerprint density at radius 1 is 1.18 bits per heavy atom. The summed E-state index contributed by atoms with van der Waals surface area (Å²) < 4.78 is 5.04. The lowest BCUT2D eigenvalue weighted by molar-refractivity contribution is 0.0904. The van der Waals surface area contributed by atoms with Gasteiger partial charge in [0.1, 0.15) is 0 Å². The average molecular weight is 233 g/mol. The fraction of sp³-hybridized carbons (Fsp3) is 0.385. The van der Waals surface area contributed by atoms with Crippen molar-refractivity contribution < 1.29 is 14.3 Å². The third-order valence-electron chi connectivity index (χ3n) is 3.25. The molecule has 4 heteroatoms. The van der Waals surface area contributed by atoms with Crippen LogP contribution in [0.15, 0.2) is 11.3 Å². The summed E-state index contributed by atoms with van der Waals surface area (Å²) in [5.74, 6) is -0.195. The zero-order valence-corrected chi connectivity index (χ0v) is 10.4. The number of rotatable bonds is 2. The molecule has 17 heavy (non-hydrogen) atoms. The highest BCUT2D eigenvalue weighted by Gasteiger charge is 2.34. The van der Waals surface area contributed by atoms with Gasteiger partial charge < -0.3 is 9.72 Å². The number of aromatic nitrogens is 1. The lowest BCUT2D eigenvalue weighted by Crippen LogP contribution is -2.21. The van der Waals surface area contributed by atoms with Crippen LogP contribution < -0.4 is 0 Å². The summed E-state index contributed by atoms with van der Waals surface area (Å²) in [5, 5.41) is 0. The van der Waals surface area contributed by atoms with Gasteiger partial charge in [-0.05, 0) is 25.8 Å². The van der Waals surface area contributed by atoms with Crippen LogP contribution in [-0.4, -0.2) is 23.7 Å². The molecular weight excluding hydrogens is 218 g/mol. The Kier molecular flexibility index (Phi) is 2.65. The molecule has 1 aliphatic carbocycles. The van der Waals surface area contributed by atoms with Gasteiger partial charge in [-0.3, -0.25) is 9.59 Å². The predicted octanol–water partition coefficient (Wildman–Crippen LogP) is 2.18. The Hall–Kier alpha value is -1.84. The fourth-order valence-electron chi connectivity index (χ4n) is 2.27. The van der Waals surface area contributed by atoms with Crippen molar-refractivity contribution >= 4 is 11.6 Å². The zero-order valence-electron chi connectivity index (χ0n) is 10.4. The van der Waals surface area contributed by atoms with Gasteiger partial charge in [-0.1, -0.05) is 6.92 Å². The highest BCUT2D eigenvalue weighted by atomic mass is 16.5. The summed E-state index contributed by atoms with van der Waals surface area (Å²) in [4.78, 5) is 27.3. The van der Waals surface area contributed by atoms with Gasteiger partial charge in [-0.15, -0.1) is 0 Å². The number of allylic oxidation sites excluding steroid dienone is 2. The van der Waals surface area contributed by atoms with Crippen LogP contribution in [0.25, 0.3) is 0 Å². The first-order valence-electron chi connectivity index (χ1n) is 5.58. The van der Waals surface area contributed by atoms with Crippen LogP contribution in [0.5, 0.6) is 0 Å². The van der Waals surface area contributed by atoms with Crippen molar-refractivity contribution in [2.24, 2.45) is 0 Å². The van der Waals surface area contributed by atoms with Crippen LogP contribution in [0.4, 0.5) is 0 Å². The van der Waals surface area contributed by atoms with Crippen molar-refractivity contribution in [3.05, 3.63) is 33.8 Å². The van der Waals surface area contributed by atoms with E-state index < -0.39 is 0 Å². The van der Waals surface area contributed by atoms with E-state index in [1.54, 1.807) is 6.92 Å². The number of hydrogen-bond donors (Lipinski definition) is 1. The predicted molar refractivity (Wildman–Crippen MR) is 63.3 cm³/mol. The summed E-state index contributed by atoms with van der Waals surface area (Å²) in [6, 6.07) is 0. The van der Waals surface area contributed by atoms with Gasteiger partial charge in [0, 0.05) is 11.3 Å². The molecule has 0 radical (unpaired) electrons. The standard InChI is InChI=1S/C13H15NO3/c1-5-8-6(2)9-10(14-8)11(15)7(3)13(17-4)12(9)16/h14H,5H2,1-4H3. The monoisotopic (exact) mass is 233 g/mol. The maximum Gasteiger partial charge on any atom is 0.230 e. The second-order valence-corrected chi connectivity index (χ2v) is 4.15. The fourth-order valence-corrected chi connectivity index (χ4v) is 2.27. The largest absolute Gasteiger partial charge is 0.492 e. The molecule has 0 spiro atoms. The molecule has 0 unspecified atom stereocenters. The van der Waals surface area contributed by atoms with Crippen LogP contribution in [0.1, 0.15) is 46.0 Å². The number of aryl methyl sites for hydroxylation is 1. The molecule has 0 fully saturated rings. The number of aromatic amines is 1. The molecule has 1 aromatic heterocycles. The van der Waals surface area contributed by atoms with Gasteiger partial charge >= 0.3 is 0 Å². The number of hydrogen-bond acceptors (Lipinski definition) is 3. The molecule has 4 nitrogen and oxygen atoms in total. The van der Waals surface area contributed by atoms with Gasteiger partial charge in [-0.25, -0.2) is 0 Å². The van der Waals surface area contributed by atoms with Crippen LogP contribution in [0, 0.1) is 6.92 Å². The van der Waals surface area contributed by atoms with Crippen LogP contribution in [-0.2, 0) is 11.2 Å². The van der Waals surface area contributed by atoms with E-state index in [2.05, 4.69) is 4.98 Å². The van der Waals surface area contributed by atoms with E-state index in [9.17, 15) is 9.59 Å². The minimum Gasteiger partial charge on any atom is -0.492 e. The highest BCUT2D eigenvalue weighted by Crippen LogP contribution is 2.30. The second-order valence-electron chi connectivity index (χ2n) is 4.15.